The van der Waals surface area contributed by atoms with E-state index < -0.39 is 11.8 Å². The van der Waals surface area contributed by atoms with E-state index in [1.807, 2.05) is 0 Å². The molecule has 0 spiro atoms. The molecule has 2 rings (SSSR count). The number of halogens is 3. The summed E-state index contributed by atoms with van der Waals surface area (Å²) in [6.45, 7) is 1.61. The largest absolute Gasteiger partial charge is 0.478 e. The SMILES string of the molecule is Cc1cc(-c2cc(Cl)cc(C(=O)O)c2)c(Cl)cc1F. The molecule has 0 radical (unpaired) electrons. The van der Waals surface area contributed by atoms with Gasteiger partial charge in [0.25, 0.3) is 0 Å². The van der Waals surface area contributed by atoms with Crippen molar-refractivity contribution in [2.75, 3.05) is 0 Å². The lowest BCUT2D eigenvalue weighted by Crippen LogP contribution is -1.97. The van der Waals surface area contributed by atoms with Gasteiger partial charge in [0.2, 0.25) is 0 Å². The minimum Gasteiger partial charge on any atom is -0.478 e. The van der Waals surface area contributed by atoms with Crippen molar-refractivity contribution in [1.29, 1.82) is 0 Å². The second-order valence-corrected chi connectivity index (χ2v) is 4.96. The molecular weight excluding hydrogens is 290 g/mol. The van der Waals surface area contributed by atoms with E-state index in [1.54, 1.807) is 19.1 Å². The zero-order chi connectivity index (χ0) is 14.2. The first-order chi connectivity index (χ1) is 8.88. The predicted molar refractivity (Wildman–Crippen MR) is 73.6 cm³/mol. The molecule has 0 amide bonds. The van der Waals surface area contributed by atoms with Crippen molar-refractivity contribution >= 4 is 29.2 Å². The quantitative estimate of drug-likeness (QED) is 0.864. The molecule has 1 N–H and O–H groups in total. The Balaban J connectivity index is 2.65. The minimum absolute atomic E-state index is 0.0561. The normalized spacial score (nSPS) is 10.5. The Morgan fingerprint density at radius 2 is 1.84 bits per heavy atom. The Bertz CT molecular complexity index is 669. The highest BCUT2D eigenvalue weighted by Crippen LogP contribution is 2.32. The number of hydrogen-bond donors (Lipinski definition) is 1. The fourth-order valence-corrected chi connectivity index (χ4v) is 2.24. The maximum Gasteiger partial charge on any atom is 0.335 e. The van der Waals surface area contributed by atoms with Crippen LogP contribution < -0.4 is 0 Å². The summed E-state index contributed by atoms with van der Waals surface area (Å²) in [5, 5.41) is 9.49. The highest BCUT2D eigenvalue weighted by Gasteiger charge is 2.12. The van der Waals surface area contributed by atoms with E-state index in [0.717, 1.165) is 0 Å². The molecule has 0 fully saturated rings. The van der Waals surface area contributed by atoms with Crippen molar-refractivity contribution in [2.24, 2.45) is 0 Å². The van der Waals surface area contributed by atoms with Crippen LogP contribution in [0.25, 0.3) is 11.1 Å². The summed E-state index contributed by atoms with van der Waals surface area (Å²) in [5.41, 5.74) is 1.57. The Morgan fingerprint density at radius 3 is 2.47 bits per heavy atom. The molecule has 0 aliphatic rings. The molecule has 0 heterocycles. The fraction of sp³-hybridized carbons (Fsp3) is 0.0714. The summed E-state index contributed by atoms with van der Waals surface area (Å²) in [4.78, 5) is 11.0. The summed E-state index contributed by atoms with van der Waals surface area (Å²) < 4.78 is 13.4. The van der Waals surface area contributed by atoms with Crippen LogP contribution in [0.5, 0.6) is 0 Å². The summed E-state index contributed by atoms with van der Waals surface area (Å²) in [7, 11) is 0. The molecule has 0 aromatic heterocycles. The average molecular weight is 299 g/mol. The molecule has 0 aliphatic carbocycles. The zero-order valence-corrected chi connectivity index (χ0v) is 11.4. The first kappa shape index (κ1) is 13.8. The van der Waals surface area contributed by atoms with Crippen molar-refractivity contribution in [3.63, 3.8) is 0 Å². The molecule has 0 atom stereocenters. The van der Waals surface area contributed by atoms with E-state index in [0.29, 0.717) is 16.7 Å². The second kappa shape index (κ2) is 5.19. The Labute approximate surface area is 119 Å². The van der Waals surface area contributed by atoms with Crippen LogP contribution in [-0.2, 0) is 0 Å². The standard InChI is InChI=1S/C14H9Cl2FO2/c1-7-2-11(12(16)6-13(7)17)8-3-9(14(18)19)5-10(15)4-8/h2-6H,1H3,(H,18,19). The Kier molecular flexibility index (Phi) is 3.78. The summed E-state index contributed by atoms with van der Waals surface area (Å²) >= 11 is 11.9. The van der Waals surface area contributed by atoms with E-state index in [-0.39, 0.29) is 15.6 Å². The van der Waals surface area contributed by atoms with Crippen LogP contribution >= 0.6 is 23.2 Å². The number of hydrogen-bond acceptors (Lipinski definition) is 1. The number of carbonyl (C=O) groups is 1. The smallest absolute Gasteiger partial charge is 0.335 e. The number of aromatic carboxylic acids is 1. The van der Waals surface area contributed by atoms with E-state index >= 15 is 0 Å². The van der Waals surface area contributed by atoms with Gasteiger partial charge in [0, 0.05) is 10.6 Å². The van der Waals surface area contributed by atoms with E-state index in [1.165, 1.54) is 18.2 Å². The van der Waals surface area contributed by atoms with E-state index in [9.17, 15) is 9.18 Å². The number of aryl methyl sites for hydroxylation is 1. The first-order valence-corrected chi connectivity index (χ1v) is 6.14. The van der Waals surface area contributed by atoms with Gasteiger partial charge in [-0.25, -0.2) is 9.18 Å². The summed E-state index contributed by atoms with van der Waals surface area (Å²) in [6, 6.07) is 7.15. The molecule has 19 heavy (non-hydrogen) atoms. The molecule has 2 aromatic carbocycles. The Morgan fingerprint density at radius 1 is 1.16 bits per heavy atom. The average Bonchev–Trinajstić information content (AvgIpc) is 2.33. The maximum absolute atomic E-state index is 13.4. The van der Waals surface area contributed by atoms with Gasteiger partial charge in [-0.15, -0.1) is 0 Å². The number of rotatable bonds is 2. The van der Waals surface area contributed by atoms with Crippen molar-refractivity contribution in [3.8, 4) is 11.1 Å². The zero-order valence-electron chi connectivity index (χ0n) is 9.88. The third-order valence-corrected chi connectivity index (χ3v) is 3.23. The van der Waals surface area contributed by atoms with Gasteiger partial charge in [-0.1, -0.05) is 23.2 Å². The van der Waals surface area contributed by atoms with Crippen molar-refractivity contribution in [3.05, 3.63) is 57.3 Å². The number of carboxylic acid groups (broad SMARTS) is 1. The van der Waals surface area contributed by atoms with Gasteiger partial charge in [-0.05, 0) is 48.4 Å². The third kappa shape index (κ3) is 2.88. The molecule has 0 saturated carbocycles. The molecular formula is C14H9Cl2FO2. The topological polar surface area (TPSA) is 37.3 Å². The Hall–Kier alpha value is -1.58. The molecule has 2 nitrogen and oxygen atoms in total. The minimum atomic E-state index is -1.08. The molecule has 0 unspecified atom stereocenters. The lowest BCUT2D eigenvalue weighted by molar-refractivity contribution is 0.0697. The second-order valence-electron chi connectivity index (χ2n) is 4.11. The van der Waals surface area contributed by atoms with Crippen LogP contribution in [-0.4, -0.2) is 11.1 Å². The van der Waals surface area contributed by atoms with Crippen molar-refractivity contribution in [1.82, 2.24) is 0 Å². The van der Waals surface area contributed by atoms with Crippen molar-refractivity contribution < 1.29 is 14.3 Å². The van der Waals surface area contributed by atoms with Crippen LogP contribution in [0.4, 0.5) is 4.39 Å². The summed E-state index contributed by atoms with van der Waals surface area (Å²) in [5.74, 6) is -1.49. The monoisotopic (exact) mass is 298 g/mol. The highest BCUT2D eigenvalue weighted by atomic mass is 35.5. The van der Waals surface area contributed by atoms with Gasteiger partial charge in [0.1, 0.15) is 5.82 Å². The first-order valence-electron chi connectivity index (χ1n) is 5.38. The highest BCUT2D eigenvalue weighted by molar-refractivity contribution is 6.34. The molecule has 5 heteroatoms. The van der Waals surface area contributed by atoms with Gasteiger partial charge in [-0.3, -0.25) is 0 Å². The number of benzene rings is 2. The summed E-state index contributed by atoms with van der Waals surface area (Å²) in [6.07, 6.45) is 0. The molecule has 98 valence electrons. The lowest BCUT2D eigenvalue weighted by atomic mass is 10.0. The lowest BCUT2D eigenvalue weighted by Gasteiger charge is -2.08. The van der Waals surface area contributed by atoms with Gasteiger partial charge in [0.05, 0.1) is 10.6 Å². The molecule has 2 aromatic rings. The van der Waals surface area contributed by atoms with Crippen molar-refractivity contribution in [2.45, 2.75) is 6.92 Å². The fourth-order valence-electron chi connectivity index (χ4n) is 1.75. The van der Waals surface area contributed by atoms with Crippen LogP contribution in [0, 0.1) is 12.7 Å². The van der Waals surface area contributed by atoms with Crippen LogP contribution in [0.3, 0.4) is 0 Å². The van der Waals surface area contributed by atoms with Crippen LogP contribution in [0.15, 0.2) is 30.3 Å². The van der Waals surface area contributed by atoms with Crippen LogP contribution in [0.1, 0.15) is 15.9 Å². The third-order valence-electron chi connectivity index (χ3n) is 2.70. The molecule has 0 saturated heterocycles. The van der Waals surface area contributed by atoms with Gasteiger partial charge < -0.3 is 5.11 Å². The maximum atomic E-state index is 13.4. The molecule has 0 bridgehead atoms. The number of carboxylic acids is 1. The van der Waals surface area contributed by atoms with Crippen LogP contribution in [0.2, 0.25) is 10.0 Å². The van der Waals surface area contributed by atoms with E-state index in [4.69, 9.17) is 28.3 Å². The molecule has 0 aliphatic heterocycles. The van der Waals surface area contributed by atoms with Gasteiger partial charge in [-0.2, -0.15) is 0 Å². The predicted octanol–water partition coefficient (Wildman–Crippen LogP) is 4.81. The van der Waals surface area contributed by atoms with E-state index in [2.05, 4.69) is 0 Å². The van der Waals surface area contributed by atoms with Gasteiger partial charge in [0.15, 0.2) is 0 Å². The van der Waals surface area contributed by atoms with Gasteiger partial charge >= 0.3 is 5.97 Å².